The van der Waals surface area contributed by atoms with Crippen LogP contribution < -0.4 is 0 Å². The van der Waals surface area contributed by atoms with E-state index in [2.05, 4.69) is 19.1 Å². The van der Waals surface area contributed by atoms with E-state index < -0.39 is 0 Å². The van der Waals surface area contributed by atoms with Gasteiger partial charge in [-0.1, -0.05) is 50.0 Å². The van der Waals surface area contributed by atoms with Gasteiger partial charge in [-0.15, -0.1) is 0 Å². The Kier molecular flexibility index (Phi) is 10.4. The molecule has 2 aliphatic rings. The van der Waals surface area contributed by atoms with Crippen molar-refractivity contribution in [3.63, 3.8) is 0 Å². The van der Waals surface area contributed by atoms with Crippen LogP contribution in [0.4, 0.5) is 0 Å². The van der Waals surface area contributed by atoms with Crippen LogP contribution in [0.3, 0.4) is 0 Å². The third-order valence-electron chi connectivity index (χ3n) is 6.86. The molecule has 4 heteroatoms. The van der Waals surface area contributed by atoms with Crippen molar-refractivity contribution < 1.29 is 15.0 Å². The maximum Gasteiger partial charge on any atom is 0.222 e. The largest absolute Gasteiger partial charge is 0.392 e. The van der Waals surface area contributed by atoms with Crippen molar-refractivity contribution in [3.8, 4) is 0 Å². The molecule has 0 heterocycles. The lowest BCUT2D eigenvalue weighted by molar-refractivity contribution is -0.130. The molecule has 0 aromatic carbocycles. The first-order valence-corrected chi connectivity index (χ1v) is 12.0. The quantitative estimate of drug-likeness (QED) is 0.340. The predicted molar refractivity (Wildman–Crippen MR) is 119 cm³/mol. The van der Waals surface area contributed by atoms with E-state index in [0.29, 0.717) is 18.3 Å². The summed E-state index contributed by atoms with van der Waals surface area (Å²) in [5.74, 6) is 1.40. The molecular formula is C25H43NO3. The first-order valence-electron chi connectivity index (χ1n) is 12.0. The normalized spacial score (nSPS) is 27.3. The van der Waals surface area contributed by atoms with Gasteiger partial charge < -0.3 is 15.1 Å². The lowest BCUT2D eigenvalue weighted by Crippen LogP contribution is -2.30. The van der Waals surface area contributed by atoms with Gasteiger partial charge in [-0.3, -0.25) is 4.79 Å². The minimum Gasteiger partial charge on any atom is -0.392 e. The molecule has 29 heavy (non-hydrogen) atoms. The lowest BCUT2D eigenvalue weighted by atomic mass is 9.88. The molecule has 1 saturated carbocycles. The minimum absolute atomic E-state index is 0.166. The van der Waals surface area contributed by atoms with Gasteiger partial charge in [-0.2, -0.15) is 0 Å². The van der Waals surface area contributed by atoms with Crippen molar-refractivity contribution in [1.29, 1.82) is 0 Å². The van der Waals surface area contributed by atoms with E-state index in [9.17, 15) is 15.0 Å². The first-order chi connectivity index (χ1) is 14.0. The summed E-state index contributed by atoms with van der Waals surface area (Å²) in [6, 6.07) is 0. The molecule has 0 unspecified atom stereocenters. The number of carbonyl (C=O) groups is 1. The summed E-state index contributed by atoms with van der Waals surface area (Å²) in [4.78, 5) is 14.0. The van der Waals surface area contributed by atoms with Crippen LogP contribution in [0.5, 0.6) is 0 Å². The Bertz CT molecular complexity index is 552. The summed E-state index contributed by atoms with van der Waals surface area (Å²) in [6.45, 7) is 7.84. The van der Waals surface area contributed by atoms with Crippen LogP contribution in [-0.2, 0) is 4.79 Å². The minimum atomic E-state index is -0.384. The van der Waals surface area contributed by atoms with Gasteiger partial charge in [0.2, 0.25) is 5.91 Å². The summed E-state index contributed by atoms with van der Waals surface area (Å²) in [5, 5.41) is 20.6. The van der Waals surface area contributed by atoms with Crippen LogP contribution in [0.2, 0.25) is 0 Å². The van der Waals surface area contributed by atoms with E-state index in [1.165, 1.54) is 12.0 Å². The third kappa shape index (κ3) is 7.25. The highest BCUT2D eigenvalue weighted by molar-refractivity contribution is 5.76. The molecule has 2 N–H and O–H groups in total. The number of allylic oxidation sites excluding steroid dienone is 2. The fourth-order valence-corrected chi connectivity index (χ4v) is 5.11. The highest BCUT2D eigenvalue weighted by Gasteiger charge is 2.43. The molecule has 0 aromatic heterocycles. The van der Waals surface area contributed by atoms with Gasteiger partial charge in [0.25, 0.3) is 0 Å². The number of hydrogen-bond donors (Lipinski definition) is 2. The molecule has 0 spiro atoms. The zero-order valence-corrected chi connectivity index (χ0v) is 18.9. The molecule has 1 amide bonds. The van der Waals surface area contributed by atoms with Gasteiger partial charge in [-0.05, 0) is 64.2 Å². The Morgan fingerprint density at radius 3 is 2.66 bits per heavy atom. The number of fused-ring (bicyclic) bond motifs is 1. The smallest absolute Gasteiger partial charge is 0.222 e. The van der Waals surface area contributed by atoms with Crippen LogP contribution in [0.15, 0.2) is 23.8 Å². The molecule has 0 aromatic rings. The maximum atomic E-state index is 12.1. The molecule has 5 atom stereocenters. The van der Waals surface area contributed by atoms with Crippen molar-refractivity contribution >= 4 is 5.91 Å². The van der Waals surface area contributed by atoms with Crippen LogP contribution >= 0.6 is 0 Å². The summed E-state index contributed by atoms with van der Waals surface area (Å²) in [6.07, 6.45) is 15.6. The van der Waals surface area contributed by atoms with Crippen molar-refractivity contribution in [1.82, 2.24) is 4.90 Å². The number of rotatable bonds is 13. The average molecular weight is 406 g/mol. The van der Waals surface area contributed by atoms with Crippen LogP contribution in [0.25, 0.3) is 0 Å². The summed E-state index contributed by atoms with van der Waals surface area (Å²) in [5.41, 5.74) is 1.50. The summed E-state index contributed by atoms with van der Waals surface area (Å²) in [7, 11) is 0. The van der Waals surface area contributed by atoms with E-state index in [4.69, 9.17) is 0 Å². The van der Waals surface area contributed by atoms with E-state index in [1.807, 2.05) is 24.8 Å². The second kappa shape index (κ2) is 12.5. The topological polar surface area (TPSA) is 60.8 Å². The van der Waals surface area contributed by atoms with Gasteiger partial charge in [0, 0.05) is 25.4 Å². The monoisotopic (exact) mass is 405 g/mol. The molecule has 1 fully saturated rings. The Morgan fingerprint density at radius 2 is 1.97 bits per heavy atom. The van der Waals surface area contributed by atoms with E-state index in [0.717, 1.165) is 64.5 Å². The predicted octanol–water partition coefficient (Wildman–Crippen LogP) is 4.86. The van der Waals surface area contributed by atoms with E-state index >= 15 is 0 Å². The highest BCUT2D eigenvalue weighted by atomic mass is 16.3. The van der Waals surface area contributed by atoms with Crippen LogP contribution in [0, 0.1) is 17.8 Å². The molecule has 0 radical (unpaired) electrons. The highest BCUT2D eigenvalue weighted by Crippen LogP contribution is 2.48. The van der Waals surface area contributed by atoms with Crippen molar-refractivity contribution in [2.45, 2.75) is 97.2 Å². The fourth-order valence-electron chi connectivity index (χ4n) is 5.11. The number of carbonyl (C=O) groups excluding carboxylic acids is 1. The van der Waals surface area contributed by atoms with Gasteiger partial charge in [0.05, 0.1) is 12.2 Å². The van der Waals surface area contributed by atoms with E-state index in [-0.39, 0.29) is 24.0 Å². The Hall–Kier alpha value is -1.13. The number of aliphatic hydroxyl groups is 2. The average Bonchev–Trinajstić information content (AvgIpc) is 3.21. The number of hydrogen-bond acceptors (Lipinski definition) is 3. The maximum absolute atomic E-state index is 12.1. The second-order valence-corrected chi connectivity index (χ2v) is 8.96. The van der Waals surface area contributed by atoms with Gasteiger partial charge >= 0.3 is 0 Å². The SMILES string of the molecule is CCCCC[C@@H](O)/C=C/[C@@H]1[C@H]2CC(CCCCC(=O)N(CC)CC)=C[C@H]2C[C@H]1O. The molecule has 166 valence electrons. The first kappa shape index (κ1) is 24.1. The number of unbranched alkanes of at least 4 members (excludes halogenated alkanes) is 3. The van der Waals surface area contributed by atoms with E-state index in [1.54, 1.807) is 0 Å². The Labute approximate surface area is 178 Å². The molecule has 2 rings (SSSR count). The zero-order valence-electron chi connectivity index (χ0n) is 18.9. The molecule has 4 nitrogen and oxygen atoms in total. The van der Waals surface area contributed by atoms with Crippen LogP contribution in [0.1, 0.15) is 85.0 Å². The summed E-state index contributed by atoms with van der Waals surface area (Å²) >= 11 is 0. The Balaban J connectivity index is 1.74. The van der Waals surface area contributed by atoms with Crippen LogP contribution in [-0.4, -0.2) is 46.3 Å². The number of amides is 1. The number of nitrogens with zero attached hydrogens (tertiary/aromatic N) is 1. The molecule has 0 saturated heterocycles. The molecular weight excluding hydrogens is 362 g/mol. The van der Waals surface area contributed by atoms with Gasteiger partial charge in [0.15, 0.2) is 0 Å². The Morgan fingerprint density at radius 1 is 1.21 bits per heavy atom. The second-order valence-electron chi connectivity index (χ2n) is 8.96. The van der Waals surface area contributed by atoms with Gasteiger partial charge in [0.1, 0.15) is 0 Å². The van der Waals surface area contributed by atoms with Crippen molar-refractivity contribution in [2.75, 3.05) is 13.1 Å². The van der Waals surface area contributed by atoms with Crippen molar-refractivity contribution in [2.24, 2.45) is 17.8 Å². The molecule has 2 aliphatic carbocycles. The van der Waals surface area contributed by atoms with Crippen molar-refractivity contribution in [3.05, 3.63) is 23.8 Å². The lowest BCUT2D eigenvalue weighted by Gasteiger charge is -2.19. The summed E-state index contributed by atoms with van der Waals surface area (Å²) < 4.78 is 0. The zero-order chi connectivity index (χ0) is 21.2. The van der Waals surface area contributed by atoms with Gasteiger partial charge in [-0.25, -0.2) is 0 Å². The standard InChI is InChI=1S/C25H43NO3/c1-4-7-8-12-21(27)14-15-22-23-17-19(16-20(23)18-24(22)28)11-9-10-13-25(29)26(5-2)6-3/h14-16,20-24,27-28H,4-13,17-18H2,1-3H3/b15-14+/t20-,21+,22+,23-,24+/m0/s1. The molecule has 0 bridgehead atoms. The molecule has 0 aliphatic heterocycles. The number of aliphatic hydroxyl groups excluding tert-OH is 2. The fraction of sp³-hybridized carbons (Fsp3) is 0.800. The third-order valence-corrected chi connectivity index (χ3v) is 6.86.